The molecule has 1 aliphatic heterocycles. The highest BCUT2D eigenvalue weighted by atomic mass is 16.6. The number of fused-ring (bicyclic) bond motifs is 1. The molecule has 1 aliphatic rings. The Bertz CT molecular complexity index is 563. The van der Waals surface area contributed by atoms with E-state index in [1.165, 1.54) is 0 Å². The van der Waals surface area contributed by atoms with E-state index in [2.05, 4.69) is 4.98 Å². The van der Waals surface area contributed by atoms with Crippen LogP contribution in [-0.2, 0) is 22.6 Å². The second kappa shape index (κ2) is 5.71. The summed E-state index contributed by atoms with van der Waals surface area (Å²) >= 11 is 0. The summed E-state index contributed by atoms with van der Waals surface area (Å²) in [5.74, 6) is -0.448. The largest absolute Gasteiger partial charge is 0.461 e. The number of carbonyl (C=O) groups excluding carboxylic acids is 2. The average Bonchev–Trinajstić information content (AvgIpc) is 2.79. The van der Waals surface area contributed by atoms with Crippen LogP contribution in [0, 0.1) is 0 Å². The highest BCUT2D eigenvalue weighted by Crippen LogP contribution is 2.23. The van der Waals surface area contributed by atoms with Gasteiger partial charge in [-0.05, 0) is 39.3 Å². The minimum atomic E-state index is -0.532. The minimum Gasteiger partial charge on any atom is -0.461 e. The standard InChI is InChI=1S/C15H20N2O4/c1-5-20-13(18)11-7-6-10-8-17(9-12(10)16-11)14(19)21-15(2,3)4/h6-7H,5,8-9H2,1-4H3. The summed E-state index contributed by atoms with van der Waals surface area (Å²) in [6, 6.07) is 3.42. The fourth-order valence-corrected chi connectivity index (χ4v) is 2.03. The van der Waals surface area contributed by atoms with Gasteiger partial charge in [-0.2, -0.15) is 0 Å². The number of ether oxygens (including phenoxy) is 2. The third kappa shape index (κ3) is 3.71. The Kier molecular flexibility index (Phi) is 4.16. The summed E-state index contributed by atoms with van der Waals surface area (Å²) in [5.41, 5.74) is 1.37. The maximum absolute atomic E-state index is 12.0. The molecule has 1 aromatic heterocycles. The van der Waals surface area contributed by atoms with Crippen molar-refractivity contribution in [2.45, 2.75) is 46.4 Å². The molecule has 2 rings (SSSR count). The van der Waals surface area contributed by atoms with Crippen LogP contribution in [0.15, 0.2) is 12.1 Å². The topological polar surface area (TPSA) is 68.7 Å². The van der Waals surface area contributed by atoms with E-state index in [4.69, 9.17) is 9.47 Å². The van der Waals surface area contributed by atoms with Gasteiger partial charge in [0.05, 0.1) is 25.4 Å². The molecule has 0 aliphatic carbocycles. The number of pyridine rings is 1. The van der Waals surface area contributed by atoms with E-state index in [0.717, 1.165) is 5.56 Å². The Labute approximate surface area is 124 Å². The lowest BCUT2D eigenvalue weighted by Gasteiger charge is -2.23. The van der Waals surface area contributed by atoms with Crippen LogP contribution < -0.4 is 0 Å². The van der Waals surface area contributed by atoms with Gasteiger partial charge >= 0.3 is 12.1 Å². The number of hydrogen-bond acceptors (Lipinski definition) is 5. The third-order valence-electron chi connectivity index (χ3n) is 2.91. The van der Waals surface area contributed by atoms with Crippen LogP contribution in [0.3, 0.4) is 0 Å². The predicted molar refractivity (Wildman–Crippen MR) is 75.7 cm³/mol. The second-order valence-corrected chi connectivity index (χ2v) is 5.86. The van der Waals surface area contributed by atoms with E-state index in [1.54, 1.807) is 24.0 Å². The molecular formula is C15H20N2O4. The molecule has 21 heavy (non-hydrogen) atoms. The molecule has 0 atom stereocenters. The van der Waals surface area contributed by atoms with Crippen LogP contribution in [0.1, 0.15) is 49.4 Å². The Hall–Kier alpha value is -2.11. The van der Waals surface area contributed by atoms with Crippen molar-refractivity contribution in [3.8, 4) is 0 Å². The zero-order valence-electron chi connectivity index (χ0n) is 12.8. The molecule has 114 valence electrons. The van der Waals surface area contributed by atoms with Crippen LogP contribution in [0.4, 0.5) is 4.79 Å². The number of hydrogen-bond donors (Lipinski definition) is 0. The summed E-state index contributed by atoms with van der Waals surface area (Å²) in [6.45, 7) is 8.32. The molecule has 0 bridgehead atoms. The Morgan fingerprint density at radius 1 is 1.29 bits per heavy atom. The molecule has 0 saturated heterocycles. The number of amides is 1. The van der Waals surface area contributed by atoms with E-state index < -0.39 is 11.6 Å². The molecule has 2 heterocycles. The fourth-order valence-electron chi connectivity index (χ4n) is 2.03. The molecule has 0 unspecified atom stereocenters. The van der Waals surface area contributed by atoms with Crippen LogP contribution in [0.2, 0.25) is 0 Å². The number of esters is 1. The number of nitrogens with zero attached hydrogens (tertiary/aromatic N) is 2. The van der Waals surface area contributed by atoms with E-state index >= 15 is 0 Å². The molecule has 6 heteroatoms. The Morgan fingerprint density at radius 2 is 2.00 bits per heavy atom. The predicted octanol–water partition coefficient (Wildman–Crippen LogP) is 2.51. The van der Waals surface area contributed by atoms with E-state index in [1.807, 2.05) is 20.8 Å². The lowest BCUT2D eigenvalue weighted by atomic mass is 10.2. The van der Waals surface area contributed by atoms with Gasteiger partial charge in [0, 0.05) is 0 Å². The van der Waals surface area contributed by atoms with Crippen LogP contribution >= 0.6 is 0 Å². The molecular weight excluding hydrogens is 272 g/mol. The monoisotopic (exact) mass is 292 g/mol. The summed E-state index contributed by atoms with van der Waals surface area (Å²) in [5, 5.41) is 0. The normalized spacial score (nSPS) is 13.8. The average molecular weight is 292 g/mol. The first kappa shape index (κ1) is 15.3. The van der Waals surface area contributed by atoms with Crippen molar-refractivity contribution < 1.29 is 19.1 Å². The lowest BCUT2D eigenvalue weighted by molar-refractivity contribution is 0.0240. The quantitative estimate of drug-likeness (QED) is 0.783. The van der Waals surface area contributed by atoms with Crippen molar-refractivity contribution in [1.29, 1.82) is 0 Å². The van der Waals surface area contributed by atoms with Gasteiger partial charge in [0.1, 0.15) is 11.3 Å². The van der Waals surface area contributed by atoms with Crippen molar-refractivity contribution in [3.05, 3.63) is 29.1 Å². The van der Waals surface area contributed by atoms with Gasteiger partial charge in [-0.25, -0.2) is 14.6 Å². The highest BCUT2D eigenvalue weighted by Gasteiger charge is 2.29. The molecule has 0 radical (unpaired) electrons. The first-order valence-corrected chi connectivity index (χ1v) is 6.94. The van der Waals surface area contributed by atoms with E-state index in [9.17, 15) is 9.59 Å². The third-order valence-corrected chi connectivity index (χ3v) is 2.91. The van der Waals surface area contributed by atoms with Crippen LogP contribution in [-0.4, -0.2) is 34.2 Å². The van der Waals surface area contributed by atoms with Gasteiger partial charge in [0.2, 0.25) is 0 Å². The molecule has 0 fully saturated rings. The van der Waals surface area contributed by atoms with Crippen molar-refractivity contribution >= 4 is 12.1 Å². The SMILES string of the molecule is CCOC(=O)c1ccc2c(n1)CN(C(=O)OC(C)(C)C)C2. The van der Waals surface area contributed by atoms with E-state index in [-0.39, 0.29) is 11.8 Å². The van der Waals surface area contributed by atoms with Crippen molar-refractivity contribution in [1.82, 2.24) is 9.88 Å². The summed E-state index contributed by atoms with van der Waals surface area (Å²) in [7, 11) is 0. The van der Waals surface area contributed by atoms with Crippen molar-refractivity contribution in [2.24, 2.45) is 0 Å². The Balaban J connectivity index is 2.09. The highest BCUT2D eigenvalue weighted by molar-refractivity contribution is 5.87. The summed E-state index contributed by atoms with van der Waals surface area (Å²) in [6.07, 6.45) is -0.377. The maximum Gasteiger partial charge on any atom is 0.410 e. The molecule has 0 saturated carbocycles. The Morgan fingerprint density at radius 3 is 2.62 bits per heavy atom. The smallest absolute Gasteiger partial charge is 0.410 e. The molecule has 6 nitrogen and oxygen atoms in total. The second-order valence-electron chi connectivity index (χ2n) is 5.86. The van der Waals surface area contributed by atoms with Crippen LogP contribution in [0.25, 0.3) is 0 Å². The first-order valence-electron chi connectivity index (χ1n) is 6.94. The molecule has 0 aromatic carbocycles. The van der Waals surface area contributed by atoms with Crippen LogP contribution in [0.5, 0.6) is 0 Å². The lowest BCUT2D eigenvalue weighted by Crippen LogP contribution is -2.33. The van der Waals surface area contributed by atoms with Gasteiger partial charge in [-0.3, -0.25) is 4.90 Å². The van der Waals surface area contributed by atoms with Gasteiger partial charge in [0.25, 0.3) is 0 Å². The summed E-state index contributed by atoms with van der Waals surface area (Å²) in [4.78, 5) is 29.5. The minimum absolute atomic E-state index is 0.265. The van der Waals surface area contributed by atoms with Gasteiger partial charge in [-0.15, -0.1) is 0 Å². The van der Waals surface area contributed by atoms with Crippen molar-refractivity contribution in [2.75, 3.05) is 6.61 Å². The number of carbonyl (C=O) groups is 2. The first-order chi connectivity index (χ1) is 9.80. The fraction of sp³-hybridized carbons (Fsp3) is 0.533. The maximum atomic E-state index is 12.0. The zero-order valence-corrected chi connectivity index (χ0v) is 12.8. The molecule has 1 aromatic rings. The van der Waals surface area contributed by atoms with Gasteiger partial charge in [-0.1, -0.05) is 6.07 Å². The number of aromatic nitrogens is 1. The number of rotatable bonds is 2. The van der Waals surface area contributed by atoms with Crippen molar-refractivity contribution in [3.63, 3.8) is 0 Å². The van der Waals surface area contributed by atoms with E-state index in [0.29, 0.717) is 25.4 Å². The van der Waals surface area contributed by atoms with Gasteiger partial charge < -0.3 is 9.47 Å². The molecule has 0 spiro atoms. The molecule has 0 N–H and O–H groups in total. The van der Waals surface area contributed by atoms with Gasteiger partial charge in [0.15, 0.2) is 0 Å². The zero-order chi connectivity index (χ0) is 15.6. The summed E-state index contributed by atoms with van der Waals surface area (Å²) < 4.78 is 10.3. The molecule has 1 amide bonds.